The third-order valence-corrected chi connectivity index (χ3v) is 3.40. The molecule has 94 valence electrons. The molecule has 0 fully saturated rings. The highest BCUT2D eigenvalue weighted by atomic mass is 35.5. The molecule has 1 N–H and O–H groups in total. The number of unbranched alkanes of at least 4 members (excludes halogenated alkanes) is 3. The molecule has 0 aliphatic heterocycles. The lowest BCUT2D eigenvalue weighted by Gasteiger charge is -1.98. The van der Waals surface area contributed by atoms with E-state index in [4.69, 9.17) is 11.6 Å². The van der Waals surface area contributed by atoms with Crippen molar-refractivity contribution < 1.29 is 4.79 Å². The van der Waals surface area contributed by atoms with Crippen LogP contribution in [0.4, 0.5) is 0 Å². The highest BCUT2D eigenvalue weighted by Gasteiger charge is 1.99. The first-order chi connectivity index (χ1) is 8.22. The highest BCUT2D eigenvalue weighted by Crippen LogP contribution is 2.19. The molecule has 1 heterocycles. The summed E-state index contributed by atoms with van der Waals surface area (Å²) in [5, 5.41) is 3.88. The third kappa shape index (κ3) is 6.44. The van der Waals surface area contributed by atoms with Crippen molar-refractivity contribution in [2.45, 2.75) is 39.0 Å². The first kappa shape index (κ1) is 14.2. The zero-order valence-corrected chi connectivity index (χ0v) is 11.5. The van der Waals surface area contributed by atoms with E-state index < -0.39 is 0 Å². The Labute approximate surface area is 111 Å². The number of hydrazone groups is 1. The Bertz CT molecular complexity index is 376. The van der Waals surface area contributed by atoms with Crippen LogP contribution in [0.5, 0.6) is 0 Å². The maximum Gasteiger partial charge on any atom is 0.240 e. The summed E-state index contributed by atoms with van der Waals surface area (Å²) in [7, 11) is 0. The van der Waals surface area contributed by atoms with Crippen molar-refractivity contribution in [2.24, 2.45) is 5.10 Å². The van der Waals surface area contributed by atoms with Gasteiger partial charge in [-0.2, -0.15) is 5.10 Å². The van der Waals surface area contributed by atoms with Crippen LogP contribution in [0.15, 0.2) is 17.2 Å². The Morgan fingerprint density at radius 1 is 1.47 bits per heavy atom. The van der Waals surface area contributed by atoms with Crippen LogP contribution in [0.3, 0.4) is 0 Å². The molecule has 0 aliphatic rings. The van der Waals surface area contributed by atoms with E-state index >= 15 is 0 Å². The van der Waals surface area contributed by atoms with Crippen LogP contribution in [0.1, 0.15) is 43.9 Å². The van der Waals surface area contributed by atoms with Crippen LogP contribution < -0.4 is 5.43 Å². The molecule has 0 spiro atoms. The number of carbonyl (C=O) groups excluding carboxylic acids is 1. The zero-order valence-electron chi connectivity index (χ0n) is 9.91. The summed E-state index contributed by atoms with van der Waals surface area (Å²) in [4.78, 5) is 12.3. The van der Waals surface area contributed by atoms with Crippen LogP contribution in [-0.2, 0) is 4.79 Å². The molecule has 0 saturated carbocycles. The molecule has 1 amide bonds. The second-order valence-corrected chi connectivity index (χ2v) is 5.49. The molecule has 1 aromatic heterocycles. The molecule has 1 rings (SSSR count). The van der Waals surface area contributed by atoms with Gasteiger partial charge in [-0.3, -0.25) is 4.79 Å². The van der Waals surface area contributed by atoms with Crippen LogP contribution in [0, 0.1) is 0 Å². The number of rotatable bonds is 7. The van der Waals surface area contributed by atoms with Gasteiger partial charge in [0.15, 0.2) is 0 Å². The fourth-order valence-corrected chi connectivity index (χ4v) is 2.27. The maximum absolute atomic E-state index is 11.4. The third-order valence-electron chi connectivity index (χ3n) is 2.23. The fourth-order valence-electron chi connectivity index (χ4n) is 1.33. The Morgan fingerprint density at radius 2 is 2.29 bits per heavy atom. The summed E-state index contributed by atoms with van der Waals surface area (Å²) in [5.41, 5.74) is 2.51. The van der Waals surface area contributed by atoms with Gasteiger partial charge >= 0.3 is 0 Å². The monoisotopic (exact) mass is 272 g/mol. The summed E-state index contributed by atoms with van der Waals surface area (Å²) in [6.45, 7) is 2.15. The van der Waals surface area contributed by atoms with Gasteiger partial charge in [0.05, 0.1) is 10.6 Å². The number of amides is 1. The molecule has 0 aromatic carbocycles. The minimum absolute atomic E-state index is 0.0278. The molecule has 0 saturated heterocycles. The van der Waals surface area contributed by atoms with Gasteiger partial charge in [0.25, 0.3) is 0 Å². The van der Waals surface area contributed by atoms with Crippen LogP contribution >= 0.6 is 22.9 Å². The van der Waals surface area contributed by atoms with Crippen molar-refractivity contribution in [2.75, 3.05) is 0 Å². The van der Waals surface area contributed by atoms with E-state index in [1.807, 2.05) is 6.07 Å². The quantitative estimate of drug-likeness (QED) is 0.458. The van der Waals surface area contributed by atoms with E-state index in [0.29, 0.717) is 6.42 Å². The lowest BCUT2D eigenvalue weighted by Crippen LogP contribution is -2.16. The Balaban J connectivity index is 2.17. The van der Waals surface area contributed by atoms with E-state index in [9.17, 15) is 4.79 Å². The summed E-state index contributed by atoms with van der Waals surface area (Å²) in [5.74, 6) is -0.0278. The number of thiophene rings is 1. The molecule has 0 unspecified atom stereocenters. The summed E-state index contributed by atoms with van der Waals surface area (Å²) >= 11 is 7.20. The molecule has 1 aromatic rings. The second-order valence-electron chi connectivity index (χ2n) is 3.75. The van der Waals surface area contributed by atoms with E-state index in [1.54, 1.807) is 12.3 Å². The largest absolute Gasteiger partial charge is 0.273 e. The van der Waals surface area contributed by atoms with Crippen LogP contribution in [0.2, 0.25) is 4.34 Å². The molecule has 0 atom stereocenters. The van der Waals surface area contributed by atoms with E-state index in [1.165, 1.54) is 24.2 Å². The fraction of sp³-hybridized carbons (Fsp3) is 0.500. The zero-order chi connectivity index (χ0) is 12.5. The molecule has 0 radical (unpaired) electrons. The van der Waals surface area contributed by atoms with E-state index in [0.717, 1.165) is 22.1 Å². The number of hydrogen-bond donors (Lipinski definition) is 1. The molecule has 3 nitrogen and oxygen atoms in total. The average Bonchev–Trinajstić information content (AvgIpc) is 2.71. The number of hydrogen-bond acceptors (Lipinski definition) is 3. The molecule has 0 bridgehead atoms. The van der Waals surface area contributed by atoms with Crippen molar-refractivity contribution in [3.63, 3.8) is 0 Å². The lowest BCUT2D eigenvalue weighted by molar-refractivity contribution is -0.121. The summed E-state index contributed by atoms with van der Waals surface area (Å²) in [6.07, 6.45) is 6.56. The number of halogens is 1. The van der Waals surface area contributed by atoms with Gasteiger partial charge in [-0.05, 0) is 18.6 Å². The van der Waals surface area contributed by atoms with Gasteiger partial charge in [-0.15, -0.1) is 11.3 Å². The molecular weight excluding hydrogens is 256 g/mol. The SMILES string of the molecule is CCCCCCC(=O)N/N=C/c1ccc(Cl)s1. The number of nitrogens with zero attached hydrogens (tertiary/aromatic N) is 1. The first-order valence-electron chi connectivity index (χ1n) is 5.79. The van der Waals surface area contributed by atoms with Crippen molar-refractivity contribution in [1.29, 1.82) is 0 Å². The van der Waals surface area contributed by atoms with Crippen molar-refractivity contribution >= 4 is 35.1 Å². The maximum atomic E-state index is 11.4. The minimum atomic E-state index is -0.0278. The van der Waals surface area contributed by atoms with Crippen LogP contribution in [-0.4, -0.2) is 12.1 Å². The normalized spacial score (nSPS) is 10.9. The predicted molar refractivity (Wildman–Crippen MR) is 73.8 cm³/mol. The van der Waals surface area contributed by atoms with Crippen molar-refractivity contribution in [3.8, 4) is 0 Å². The highest BCUT2D eigenvalue weighted by molar-refractivity contribution is 7.17. The number of carbonyl (C=O) groups is 1. The van der Waals surface area contributed by atoms with Crippen molar-refractivity contribution in [1.82, 2.24) is 5.43 Å². The number of nitrogens with one attached hydrogen (secondary N) is 1. The first-order valence-corrected chi connectivity index (χ1v) is 6.99. The Hall–Kier alpha value is -0.870. The second kappa shape index (κ2) is 8.25. The molecule has 0 aliphatic carbocycles. The molecule has 5 heteroatoms. The predicted octanol–water partition coefficient (Wildman–Crippen LogP) is 3.82. The van der Waals surface area contributed by atoms with Crippen molar-refractivity contribution in [3.05, 3.63) is 21.3 Å². The standard InChI is InChI=1S/C12H17ClN2OS/c1-2-3-4-5-6-12(16)15-14-9-10-7-8-11(13)17-10/h7-9H,2-6H2,1H3,(H,15,16)/b14-9+. The topological polar surface area (TPSA) is 41.5 Å². The average molecular weight is 273 g/mol. The summed E-state index contributed by atoms with van der Waals surface area (Å²) in [6, 6.07) is 3.67. The molecule has 17 heavy (non-hydrogen) atoms. The van der Waals surface area contributed by atoms with Gasteiger partial charge in [0.2, 0.25) is 5.91 Å². The lowest BCUT2D eigenvalue weighted by atomic mass is 10.1. The summed E-state index contributed by atoms with van der Waals surface area (Å²) < 4.78 is 0.720. The van der Waals surface area contributed by atoms with Gasteiger partial charge < -0.3 is 0 Å². The minimum Gasteiger partial charge on any atom is -0.273 e. The van der Waals surface area contributed by atoms with Gasteiger partial charge in [-0.25, -0.2) is 5.43 Å². The molecular formula is C12H17ClN2OS. The smallest absolute Gasteiger partial charge is 0.240 e. The van der Waals surface area contributed by atoms with E-state index in [2.05, 4.69) is 17.5 Å². The van der Waals surface area contributed by atoms with Gasteiger partial charge in [-0.1, -0.05) is 37.8 Å². The van der Waals surface area contributed by atoms with Gasteiger partial charge in [0.1, 0.15) is 0 Å². The van der Waals surface area contributed by atoms with Gasteiger partial charge in [0, 0.05) is 11.3 Å². The Kier molecular flexibility index (Phi) is 6.89. The Morgan fingerprint density at radius 3 is 2.94 bits per heavy atom. The van der Waals surface area contributed by atoms with E-state index in [-0.39, 0.29) is 5.91 Å². The van der Waals surface area contributed by atoms with Crippen LogP contribution in [0.25, 0.3) is 0 Å².